The Balaban J connectivity index is 1.58. The van der Waals surface area contributed by atoms with E-state index in [4.69, 9.17) is 0 Å². The van der Waals surface area contributed by atoms with E-state index in [0.29, 0.717) is 17.7 Å². The van der Waals surface area contributed by atoms with Gasteiger partial charge in [-0.2, -0.15) is 0 Å². The first-order valence-corrected chi connectivity index (χ1v) is 8.59. The van der Waals surface area contributed by atoms with Crippen molar-refractivity contribution in [3.8, 4) is 0 Å². The van der Waals surface area contributed by atoms with Crippen molar-refractivity contribution in [3.63, 3.8) is 0 Å². The van der Waals surface area contributed by atoms with E-state index in [2.05, 4.69) is 10.2 Å². The molecular weight excluding hydrogens is 319 g/mol. The fourth-order valence-electron chi connectivity index (χ4n) is 2.98. The quantitative estimate of drug-likeness (QED) is 0.898. The number of carbonyl (C=O) groups excluding carboxylic acids is 1. The number of aliphatic hydroxyl groups is 1. The highest BCUT2D eigenvalue weighted by molar-refractivity contribution is 5.94. The predicted octanol–water partition coefficient (Wildman–Crippen LogP) is 3.03. The third kappa shape index (κ3) is 4.37. The molecular formula is C20H23FN2O2. The van der Waals surface area contributed by atoms with Crippen molar-refractivity contribution >= 4 is 11.6 Å². The highest BCUT2D eigenvalue weighted by Gasteiger charge is 2.17. The molecule has 1 aliphatic rings. The van der Waals surface area contributed by atoms with Crippen LogP contribution in [0.2, 0.25) is 0 Å². The first-order valence-electron chi connectivity index (χ1n) is 8.59. The number of carbonyl (C=O) groups is 1. The highest BCUT2D eigenvalue weighted by Crippen LogP contribution is 2.20. The number of nitrogens with one attached hydrogen (secondary N) is 1. The van der Waals surface area contributed by atoms with Gasteiger partial charge >= 0.3 is 0 Å². The van der Waals surface area contributed by atoms with Crippen molar-refractivity contribution in [1.82, 2.24) is 5.32 Å². The first-order chi connectivity index (χ1) is 12.0. The third-order valence-electron chi connectivity index (χ3n) is 4.65. The molecule has 0 aliphatic carbocycles. The Labute approximate surface area is 147 Å². The summed E-state index contributed by atoms with van der Waals surface area (Å²) in [6.07, 6.45) is 1.35. The second-order valence-corrected chi connectivity index (χ2v) is 6.53. The Kier molecular flexibility index (Phi) is 5.34. The van der Waals surface area contributed by atoms with E-state index < -0.39 is 0 Å². The molecule has 2 aromatic rings. The number of benzene rings is 2. The highest BCUT2D eigenvalue weighted by atomic mass is 19.1. The second-order valence-electron chi connectivity index (χ2n) is 6.53. The molecule has 0 radical (unpaired) electrons. The predicted molar refractivity (Wildman–Crippen MR) is 96.2 cm³/mol. The number of aryl methyl sites for hydroxylation is 1. The molecule has 1 amide bonds. The van der Waals surface area contributed by atoms with Crippen LogP contribution < -0.4 is 10.2 Å². The molecule has 0 unspecified atom stereocenters. The Morgan fingerprint density at radius 3 is 2.52 bits per heavy atom. The van der Waals surface area contributed by atoms with Gasteiger partial charge in [-0.3, -0.25) is 4.79 Å². The zero-order valence-electron chi connectivity index (χ0n) is 14.3. The Hall–Kier alpha value is -2.40. The van der Waals surface area contributed by atoms with Gasteiger partial charge in [-0.25, -0.2) is 4.39 Å². The van der Waals surface area contributed by atoms with Crippen molar-refractivity contribution in [1.29, 1.82) is 0 Å². The van der Waals surface area contributed by atoms with Crippen LogP contribution >= 0.6 is 0 Å². The molecule has 0 bridgehead atoms. The summed E-state index contributed by atoms with van der Waals surface area (Å²) in [4.78, 5) is 14.5. The molecule has 4 nitrogen and oxygen atoms in total. The summed E-state index contributed by atoms with van der Waals surface area (Å²) in [7, 11) is 0. The van der Waals surface area contributed by atoms with Crippen molar-refractivity contribution in [2.75, 3.05) is 18.0 Å². The Bertz CT molecular complexity index is 738. The van der Waals surface area contributed by atoms with Gasteiger partial charge in [-0.05, 0) is 61.2 Å². The van der Waals surface area contributed by atoms with Crippen LogP contribution in [0.3, 0.4) is 0 Å². The molecule has 0 aromatic heterocycles. The lowest BCUT2D eigenvalue weighted by atomic mass is 10.1. The first kappa shape index (κ1) is 17.4. The molecule has 1 saturated heterocycles. The summed E-state index contributed by atoms with van der Waals surface area (Å²) in [6.45, 7) is 3.65. The van der Waals surface area contributed by atoms with Crippen LogP contribution in [0, 0.1) is 12.7 Å². The Morgan fingerprint density at radius 1 is 1.20 bits per heavy atom. The van der Waals surface area contributed by atoms with Gasteiger partial charge in [0.25, 0.3) is 5.91 Å². The minimum Gasteiger partial charge on any atom is -0.393 e. The van der Waals surface area contributed by atoms with E-state index in [0.717, 1.165) is 37.2 Å². The maximum atomic E-state index is 13.5. The van der Waals surface area contributed by atoms with Crippen LogP contribution in [0.4, 0.5) is 10.1 Å². The van der Waals surface area contributed by atoms with Crippen molar-refractivity contribution in [3.05, 3.63) is 65.0 Å². The van der Waals surface area contributed by atoms with Crippen LogP contribution in [0.5, 0.6) is 0 Å². The molecule has 3 rings (SSSR count). The SMILES string of the molecule is Cc1ccc(CNC(=O)c2ccc(N3CCC(O)CC3)cc2)cc1F. The van der Waals surface area contributed by atoms with Gasteiger partial charge in [0.2, 0.25) is 0 Å². The van der Waals surface area contributed by atoms with Gasteiger partial charge in [-0.15, -0.1) is 0 Å². The monoisotopic (exact) mass is 342 g/mol. The van der Waals surface area contributed by atoms with Crippen LogP contribution in [0.1, 0.15) is 34.3 Å². The number of rotatable bonds is 4. The average Bonchev–Trinajstić information content (AvgIpc) is 2.63. The van der Waals surface area contributed by atoms with Gasteiger partial charge in [0.1, 0.15) is 5.82 Å². The summed E-state index contributed by atoms with van der Waals surface area (Å²) in [5, 5.41) is 12.4. The lowest BCUT2D eigenvalue weighted by Crippen LogP contribution is -2.35. The lowest BCUT2D eigenvalue weighted by Gasteiger charge is -2.31. The number of halogens is 1. The maximum Gasteiger partial charge on any atom is 0.251 e. The largest absolute Gasteiger partial charge is 0.393 e. The number of hydrogen-bond acceptors (Lipinski definition) is 3. The molecule has 0 spiro atoms. The van der Waals surface area contributed by atoms with E-state index in [-0.39, 0.29) is 17.8 Å². The van der Waals surface area contributed by atoms with E-state index in [1.807, 2.05) is 18.2 Å². The number of hydrogen-bond donors (Lipinski definition) is 2. The topological polar surface area (TPSA) is 52.6 Å². The molecule has 1 heterocycles. The van der Waals surface area contributed by atoms with Crippen molar-refractivity contribution in [2.24, 2.45) is 0 Å². The molecule has 5 heteroatoms. The second kappa shape index (κ2) is 7.66. The zero-order valence-corrected chi connectivity index (χ0v) is 14.3. The van der Waals surface area contributed by atoms with E-state index >= 15 is 0 Å². The summed E-state index contributed by atoms with van der Waals surface area (Å²) in [5.41, 5.74) is 2.97. The van der Waals surface area contributed by atoms with Crippen LogP contribution in [-0.4, -0.2) is 30.2 Å². The average molecular weight is 342 g/mol. The molecule has 2 N–H and O–H groups in total. The summed E-state index contributed by atoms with van der Waals surface area (Å²) >= 11 is 0. The standard InChI is InChI=1S/C20H23FN2O2/c1-14-2-3-15(12-19(14)21)13-22-20(25)16-4-6-17(7-5-16)23-10-8-18(24)9-11-23/h2-7,12,18,24H,8-11,13H2,1H3,(H,22,25). The smallest absolute Gasteiger partial charge is 0.251 e. The number of piperidine rings is 1. The van der Waals surface area contributed by atoms with E-state index in [1.165, 1.54) is 6.07 Å². The van der Waals surface area contributed by atoms with E-state index in [9.17, 15) is 14.3 Å². The third-order valence-corrected chi connectivity index (χ3v) is 4.65. The maximum absolute atomic E-state index is 13.5. The van der Waals surface area contributed by atoms with E-state index in [1.54, 1.807) is 25.1 Å². The molecule has 0 atom stereocenters. The molecule has 2 aromatic carbocycles. The molecule has 1 aliphatic heterocycles. The number of anilines is 1. The molecule has 25 heavy (non-hydrogen) atoms. The number of aliphatic hydroxyl groups excluding tert-OH is 1. The van der Waals surface area contributed by atoms with Gasteiger partial charge in [-0.1, -0.05) is 12.1 Å². The molecule has 132 valence electrons. The van der Waals surface area contributed by atoms with Gasteiger partial charge in [0.15, 0.2) is 0 Å². The molecule has 1 fully saturated rings. The normalized spacial score (nSPS) is 15.2. The lowest BCUT2D eigenvalue weighted by molar-refractivity contribution is 0.0951. The molecule has 0 saturated carbocycles. The fourth-order valence-corrected chi connectivity index (χ4v) is 2.98. The summed E-state index contributed by atoms with van der Waals surface area (Å²) in [5.74, 6) is -0.440. The Morgan fingerprint density at radius 2 is 1.88 bits per heavy atom. The number of nitrogens with zero attached hydrogens (tertiary/aromatic N) is 1. The fraction of sp³-hybridized carbons (Fsp3) is 0.350. The summed E-state index contributed by atoms with van der Waals surface area (Å²) < 4.78 is 13.5. The van der Waals surface area contributed by atoms with Gasteiger partial charge < -0.3 is 15.3 Å². The minimum atomic E-state index is -0.261. The van der Waals surface area contributed by atoms with Crippen molar-refractivity contribution < 1.29 is 14.3 Å². The van der Waals surface area contributed by atoms with Gasteiger partial charge in [0, 0.05) is 30.9 Å². The zero-order chi connectivity index (χ0) is 17.8. The van der Waals surface area contributed by atoms with Crippen molar-refractivity contribution in [2.45, 2.75) is 32.4 Å². The van der Waals surface area contributed by atoms with Gasteiger partial charge in [0.05, 0.1) is 6.10 Å². The summed E-state index contributed by atoms with van der Waals surface area (Å²) in [6, 6.07) is 12.4. The van der Waals surface area contributed by atoms with Crippen LogP contribution in [0.25, 0.3) is 0 Å². The minimum absolute atomic E-state index is 0.179. The van der Waals surface area contributed by atoms with Crippen LogP contribution in [0.15, 0.2) is 42.5 Å². The van der Waals surface area contributed by atoms with Crippen LogP contribution in [-0.2, 0) is 6.54 Å². The number of amides is 1.